The van der Waals surface area contributed by atoms with Gasteiger partial charge in [0.15, 0.2) is 0 Å². The number of aryl methyl sites for hydroxylation is 1. The monoisotopic (exact) mass is 291 g/mol. The lowest BCUT2D eigenvalue weighted by molar-refractivity contribution is -0.102. The number of amides is 1. The van der Waals surface area contributed by atoms with Gasteiger partial charge in [0.25, 0.3) is 5.91 Å². The molecule has 0 aromatic carbocycles. The lowest BCUT2D eigenvalue weighted by Gasteiger charge is -2.38. The Balaban J connectivity index is 1.76. The Morgan fingerprint density at radius 1 is 1.43 bits per heavy atom. The fourth-order valence-electron chi connectivity index (χ4n) is 3.21. The van der Waals surface area contributed by atoms with Crippen molar-refractivity contribution in [3.05, 3.63) is 23.8 Å². The summed E-state index contributed by atoms with van der Waals surface area (Å²) in [5.74, 6) is -0.0575. The SMILES string of the molecule is CCO[C@H]1CC[C@H]2[C@H]1OCCN2C(=O)c1cnc(C)cn1. The normalized spacial score (nSPS) is 28.5. The Hall–Kier alpha value is -1.53. The van der Waals surface area contributed by atoms with E-state index < -0.39 is 0 Å². The van der Waals surface area contributed by atoms with Gasteiger partial charge < -0.3 is 14.4 Å². The molecule has 1 aliphatic carbocycles. The predicted molar refractivity (Wildman–Crippen MR) is 76.0 cm³/mol. The van der Waals surface area contributed by atoms with Crippen molar-refractivity contribution >= 4 is 5.91 Å². The number of carbonyl (C=O) groups is 1. The smallest absolute Gasteiger partial charge is 0.274 e. The van der Waals surface area contributed by atoms with Crippen molar-refractivity contribution in [3.8, 4) is 0 Å². The number of carbonyl (C=O) groups excluding carboxylic acids is 1. The van der Waals surface area contributed by atoms with Gasteiger partial charge >= 0.3 is 0 Å². The average molecular weight is 291 g/mol. The van der Waals surface area contributed by atoms with Crippen LogP contribution in [0.4, 0.5) is 0 Å². The summed E-state index contributed by atoms with van der Waals surface area (Å²) in [6.45, 7) is 5.68. The van der Waals surface area contributed by atoms with Crippen LogP contribution < -0.4 is 0 Å². The quantitative estimate of drug-likeness (QED) is 0.837. The molecule has 1 saturated carbocycles. The van der Waals surface area contributed by atoms with Gasteiger partial charge in [-0.15, -0.1) is 0 Å². The molecular weight excluding hydrogens is 270 g/mol. The van der Waals surface area contributed by atoms with E-state index >= 15 is 0 Å². The zero-order chi connectivity index (χ0) is 14.8. The van der Waals surface area contributed by atoms with Crippen LogP contribution in [0.2, 0.25) is 0 Å². The fraction of sp³-hybridized carbons (Fsp3) is 0.667. The number of hydrogen-bond donors (Lipinski definition) is 0. The maximum atomic E-state index is 12.6. The second kappa shape index (κ2) is 6.07. The lowest BCUT2D eigenvalue weighted by Crippen LogP contribution is -2.54. The summed E-state index contributed by atoms with van der Waals surface area (Å²) in [5.41, 5.74) is 1.21. The van der Waals surface area contributed by atoms with Crippen LogP contribution in [0.15, 0.2) is 12.4 Å². The molecule has 3 atom stereocenters. The number of aromatic nitrogens is 2. The Bertz CT molecular complexity index is 505. The van der Waals surface area contributed by atoms with Crippen LogP contribution in [-0.2, 0) is 9.47 Å². The van der Waals surface area contributed by atoms with E-state index in [0.717, 1.165) is 18.5 Å². The minimum absolute atomic E-state index is 0.0129. The van der Waals surface area contributed by atoms with Gasteiger partial charge in [-0.25, -0.2) is 4.98 Å². The first-order chi connectivity index (χ1) is 10.2. The summed E-state index contributed by atoms with van der Waals surface area (Å²) in [6, 6.07) is 0.0888. The molecule has 0 bridgehead atoms. The molecule has 1 aliphatic heterocycles. The number of morpholine rings is 1. The molecule has 0 N–H and O–H groups in total. The van der Waals surface area contributed by atoms with Crippen LogP contribution in [0.5, 0.6) is 0 Å². The third-order valence-electron chi connectivity index (χ3n) is 4.18. The van der Waals surface area contributed by atoms with Crippen molar-refractivity contribution in [2.75, 3.05) is 19.8 Å². The molecular formula is C15H21N3O3. The summed E-state index contributed by atoms with van der Waals surface area (Å²) in [6.07, 6.45) is 5.12. The number of rotatable bonds is 3. The molecule has 114 valence electrons. The fourth-order valence-corrected chi connectivity index (χ4v) is 3.21. The third-order valence-corrected chi connectivity index (χ3v) is 4.18. The van der Waals surface area contributed by atoms with Crippen molar-refractivity contribution in [1.29, 1.82) is 0 Å². The largest absolute Gasteiger partial charge is 0.376 e. The minimum atomic E-state index is -0.0575. The van der Waals surface area contributed by atoms with Crippen LogP contribution in [-0.4, -0.2) is 58.8 Å². The Labute approximate surface area is 124 Å². The highest BCUT2D eigenvalue weighted by Crippen LogP contribution is 2.32. The summed E-state index contributed by atoms with van der Waals surface area (Å²) in [5, 5.41) is 0. The summed E-state index contributed by atoms with van der Waals surface area (Å²) in [7, 11) is 0. The van der Waals surface area contributed by atoms with Crippen LogP contribution in [0, 0.1) is 6.92 Å². The van der Waals surface area contributed by atoms with Gasteiger partial charge in [-0.05, 0) is 26.7 Å². The Morgan fingerprint density at radius 2 is 2.29 bits per heavy atom. The molecule has 2 heterocycles. The van der Waals surface area contributed by atoms with Crippen molar-refractivity contribution < 1.29 is 14.3 Å². The van der Waals surface area contributed by atoms with Gasteiger partial charge in [-0.2, -0.15) is 0 Å². The maximum Gasteiger partial charge on any atom is 0.274 e. The number of ether oxygens (including phenoxy) is 2. The highest BCUT2D eigenvalue weighted by Gasteiger charge is 2.45. The van der Waals surface area contributed by atoms with Gasteiger partial charge in [0.2, 0.25) is 0 Å². The molecule has 1 aromatic heterocycles. The lowest BCUT2D eigenvalue weighted by atomic mass is 10.1. The van der Waals surface area contributed by atoms with Crippen molar-refractivity contribution in [2.45, 2.75) is 44.9 Å². The molecule has 0 spiro atoms. The van der Waals surface area contributed by atoms with E-state index in [2.05, 4.69) is 9.97 Å². The molecule has 3 rings (SSSR count). The van der Waals surface area contributed by atoms with Crippen LogP contribution in [0.1, 0.15) is 35.9 Å². The number of fused-ring (bicyclic) bond motifs is 1. The second-order valence-corrected chi connectivity index (χ2v) is 5.52. The summed E-state index contributed by atoms with van der Waals surface area (Å²) < 4.78 is 11.6. The Morgan fingerprint density at radius 3 is 3.00 bits per heavy atom. The van der Waals surface area contributed by atoms with Gasteiger partial charge in [-0.3, -0.25) is 9.78 Å². The molecule has 6 heteroatoms. The molecule has 0 unspecified atom stereocenters. The van der Waals surface area contributed by atoms with Crippen molar-refractivity contribution in [3.63, 3.8) is 0 Å². The zero-order valence-electron chi connectivity index (χ0n) is 12.5. The predicted octanol–water partition coefficient (Wildman–Crippen LogP) is 1.19. The Kier molecular flexibility index (Phi) is 4.17. The molecule has 1 amide bonds. The van der Waals surface area contributed by atoms with E-state index in [1.54, 1.807) is 12.4 Å². The van der Waals surface area contributed by atoms with Gasteiger partial charge in [0.05, 0.1) is 30.6 Å². The topological polar surface area (TPSA) is 64.6 Å². The van der Waals surface area contributed by atoms with Crippen LogP contribution in [0.3, 0.4) is 0 Å². The van der Waals surface area contributed by atoms with E-state index in [9.17, 15) is 4.79 Å². The van der Waals surface area contributed by atoms with Crippen molar-refractivity contribution in [2.24, 2.45) is 0 Å². The zero-order valence-corrected chi connectivity index (χ0v) is 12.5. The van der Waals surface area contributed by atoms with Crippen molar-refractivity contribution in [1.82, 2.24) is 14.9 Å². The van der Waals surface area contributed by atoms with Gasteiger partial charge in [0.1, 0.15) is 11.8 Å². The average Bonchev–Trinajstić information content (AvgIpc) is 2.91. The van der Waals surface area contributed by atoms with E-state index in [4.69, 9.17) is 9.47 Å². The first-order valence-electron chi connectivity index (χ1n) is 7.53. The molecule has 6 nitrogen and oxygen atoms in total. The summed E-state index contributed by atoms with van der Waals surface area (Å²) >= 11 is 0. The molecule has 2 aliphatic rings. The first kappa shape index (κ1) is 14.4. The maximum absolute atomic E-state index is 12.6. The van der Waals surface area contributed by atoms with Gasteiger partial charge in [0, 0.05) is 19.3 Å². The first-order valence-corrected chi connectivity index (χ1v) is 7.53. The molecule has 2 fully saturated rings. The molecule has 1 aromatic rings. The van der Waals surface area contributed by atoms with Gasteiger partial charge in [-0.1, -0.05) is 0 Å². The molecule has 0 radical (unpaired) electrons. The molecule has 21 heavy (non-hydrogen) atoms. The number of hydrogen-bond acceptors (Lipinski definition) is 5. The molecule has 1 saturated heterocycles. The second-order valence-electron chi connectivity index (χ2n) is 5.52. The van der Waals surface area contributed by atoms with E-state index in [1.807, 2.05) is 18.7 Å². The minimum Gasteiger partial charge on any atom is -0.376 e. The standard InChI is InChI=1S/C15H21N3O3/c1-3-20-13-5-4-12-14(13)21-7-6-18(12)15(19)11-9-16-10(2)8-17-11/h8-9,12-14H,3-7H2,1-2H3/t12-,13-,14+/m0/s1. The third kappa shape index (κ3) is 2.78. The highest BCUT2D eigenvalue weighted by atomic mass is 16.5. The number of nitrogens with zero attached hydrogens (tertiary/aromatic N) is 3. The van der Waals surface area contributed by atoms with E-state index in [1.165, 1.54) is 0 Å². The highest BCUT2D eigenvalue weighted by molar-refractivity contribution is 5.92. The summed E-state index contributed by atoms with van der Waals surface area (Å²) in [4.78, 5) is 22.9. The van der Waals surface area contributed by atoms with Crippen LogP contribution in [0.25, 0.3) is 0 Å². The van der Waals surface area contributed by atoms with E-state index in [-0.39, 0.29) is 24.2 Å². The van der Waals surface area contributed by atoms with Crippen LogP contribution >= 0.6 is 0 Å². The van der Waals surface area contributed by atoms with E-state index in [0.29, 0.717) is 25.5 Å².